The van der Waals surface area contributed by atoms with Gasteiger partial charge in [0.15, 0.2) is 0 Å². The summed E-state index contributed by atoms with van der Waals surface area (Å²) < 4.78 is 6.04. The van der Waals surface area contributed by atoms with Crippen molar-refractivity contribution >= 4 is 17.2 Å². The minimum absolute atomic E-state index is 0.0346. The van der Waals surface area contributed by atoms with Gasteiger partial charge < -0.3 is 15.0 Å². The predicted octanol–water partition coefficient (Wildman–Crippen LogP) is 3.40. The second kappa shape index (κ2) is 10.8. The van der Waals surface area contributed by atoms with Crippen molar-refractivity contribution in [2.24, 2.45) is 0 Å². The average molecular weight is 416 g/mol. The molecule has 1 atom stereocenters. The normalized spacial score (nSPS) is 16.7. The Hall–Kier alpha value is -1.89. The Bertz CT molecular complexity index is 757. The maximum Gasteiger partial charge on any atom is 0.224 e. The minimum atomic E-state index is -0.0803. The largest absolute Gasteiger partial charge is 0.489 e. The Kier molecular flexibility index (Phi) is 8.09. The molecule has 0 unspecified atom stereocenters. The molecule has 1 N–H and O–H groups in total. The van der Waals surface area contributed by atoms with E-state index >= 15 is 0 Å². The van der Waals surface area contributed by atoms with Crippen LogP contribution in [-0.2, 0) is 17.8 Å². The number of benzene rings is 1. The third kappa shape index (κ3) is 7.14. The van der Waals surface area contributed by atoms with Crippen LogP contribution in [0.3, 0.4) is 0 Å². The van der Waals surface area contributed by atoms with Crippen LogP contribution in [0.2, 0.25) is 0 Å². The van der Waals surface area contributed by atoms with Gasteiger partial charge in [-0.15, -0.1) is 0 Å². The van der Waals surface area contributed by atoms with E-state index in [2.05, 4.69) is 47.4 Å². The molecule has 5 nitrogen and oxygen atoms in total. The molecule has 1 amide bonds. The quantitative estimate of drug-likeness (QED) is 0.682. The van der Waals surface area contributed by atoms with E-state index in [-0.39, 0.29) is 12.0 Å². The van der Waals surface area contributed by atoms with Crippen LogP contribution in [0.1, 0.15) is 30.9 Å². The lowest BCUT2D eigenvalue weighted by Gasteiger charge is -2.35. The number of ether oxygens (including phenoxy) is 1. The number of hydrogen-bond acceptors (Lipinski definition) is 5. The molecule has 1 aromatic heterocycles. The van der Waals surface area contributed by atoms with Crippen molar-refractivity contribution in [3.8, 4) is 5.75 Å². The van der Waals surface area contributed by atoms with Gasteiger partial charge in [-0.2, -0.15) is 11.3 Å². The van der Waals surface area contributed by atoms with E-state index in [1.165, 1.54) is 31.5 Å². The molecule has 1 aliphatic heterocycles. The lowest BCUT2D eigenvalue weighted by molar-refractivity contribution is -0.120. The summed E-state index contributed by atoms with van der Waals surface area (Å²) in [5.74, 6) is 0.895. The van der Waals surface area contributed by atoms with Gasteiger partial charge in [0.25, 0.3) is 0 Å². The highest BCUT2D eigenvalue weighted by molar-refractivity contribution is 7.08. The fourth-order valence-corrected chi connectivity index (χ4v) is 4.41. The monoisotopic (exact) mass is 415 g/mol. The molecule has 1 fully saturated rings. The molecule has 0 spiro atoms. The molecule has 29 heavy (non-hydrogen) atoms. The molecule has 0 saturated carbocycles. The number of nitrogens with zero attached hydrogens (tertiary/aromatic N) is 2. The number of rotatable bonds is 9. The van der Waals surface area contributed by atoms with E-state index < -0.39 is 0 Å². The Balaban J connectivity index is 1.44. The van der Waals surface area contributed by atoms with Crippen LogP contribution < -0.4 is 10.1 Å². The number of nitrogens with one attached hydrogen (secondary N) is 1. The van der Waals surface area contributed by atoms with Crippen LogP contribution in [0.25, 0.3) is 0 Å². The number of carbonyl (C=O) groups excluding carboxylic acids is 1. The molecule has 3 rings (SSSR count). The van der Waals surface area contributed by atoms with E-state index in [0.29, 0.717) is 19.0 Å². The minimum Gasteiger partial charge on any atom is -0.489 e. The molecule has 1 aromatic carbocycles. The van der Waals surface area contributed by atoms with E-state index in [1.807, 2.05) is 29.8 Å². The fourth-order valence-electron chi connectivity index (χ4n) is 3.74. The van der Waals surface area contributed by atoms with Crippen LogP contribution in [0.4, 0.5) is 0 Å². The Morgan fingerprint density at radius 2 is 2.10 bits per heavy atom. The standard InChI is InChI=1S/C23H33N3O2S/c1-18(15-24-23(27)14-20-9-12-29-17-20)28-22-6-4-5-19(13-22)16-26(3)21-7-10-25(2)11-8-21/h4-6,9,12-13,17-18,21H,7-8,10-11,14-16H2,1-3H3,(H,24,27)/t18-/m1/s1. The van der Waals surface area contributed by atoms with E-state index in [4.69, 9.17) is 4.74 Å². The second-order valence-electron chi connectivity index (χ2n) is 8.14. The highest BCUT2D eigenvalue weighted by atomic mass is 32.1. The van der Waals surface area contributed by atoms with Gasteiger partial charge in [-0.25, -0.2) is 0 Å². The first-order chi connectivity index (χ1) is 14.0. The zero-order valence-corrected chi connectivity index (χ0v) is 18.6. The molecule has 2 aromatic rings. The van der Waals surface area contributed by atoms with Crippen molar-refractivity contribution in [2.45, 2.75) is 44.9 Å². The van der Waals surface area contributed by atoms with Crippen LogP contribution >= 0.6 is 11.3 Å². The molecular formula is C23H33N3O2S. The molecular weight excluding hydrogens is 382 g/mol. The van der Waals surface area contributed by atoms with Gasteiger partial charge in [0, 0.05) is 12.6 Å². The zero-order valence-electron chi connectivity index (χ0n) is 17.8. The number of piperidine rings is 1. The highest BCUT2D eigenvalue weighted by Crippen LogP contribution is 2.20. The molecule has 2 heterocycles. The van der Waals surface area contributed by atoms with Gasteiger partial charge in [-0.1, -0.05) is 12.1 Å². The van der Waals surface area contributed by atoms with E-state index in [9.17, 15) is 4.79 Å². The predicted molar refractivity (Wildman–Crippen MR) is 120 cm³/mol. The highest BCUT2D eigenvalue weighted by Gasteiger charge is 2.20. The zero-order chi connectivity index (χ0) is 20.6. The summed E-state index contributed by atoms with van der Waals surface area (Å²) in [5.41, 5.74) is 2.32. The maximum atomic E-state index is 12.0. The van der Waals surface area contributed by atoms with Crippen molar-refractivity contribution in [2.75, 3.05) is 33.7 Å². The third-order valence-electron chi connectivity index (χ3n) is 5.51. The van der Waals surface area contributed by atoms with Crippen molar-refractivity contribution in [3.63, 3.8) is 0 Å². The summed E-state index contributed by atoms with van der Waals surface area (Å²) in [6.45, 7) is 5.77. The van der Waals surface area contributed by atoms with Gasteiger partial charge in [-0.3, -0.25) is 9.69 Å². The second-order valence-corrected chi connectivity index (χ2v) is 8.92. The van der Waals surface area contributed by atoms with Crippen molar-refractivity contribution in [3.05, 3.63) is 52.2 Å². The molecule has 0 aliphatic carbocycles. The van der Waals surface area contributed by atoms with Gasteiger partial charge in [-0.05, 0) is 87.0 Å². The average Bonchev–Trinajstić information content (AvgIpc) is 3.20. The van der Waals surface area contributed by atoms with Crippen LogP contribution in [0, 0.1) is 0 Å². The fraction of sp³-hybridized carbons (Fsp3) is 0.522. The topological polar surface area (TPSA) is 44.8 Å². The van der Waals surface area contributed by atoms with E-state index in [1.54, 1.807) is 11.3 Å². The first kappa shape index (κ1) is 21.8. The van der Waals surface area contributed by atoms with Crippen molar-refractivity contribution in [1.82, 2.24) is 15.1 Å². The maximum absolute atomic E-state index is 12.0. The molecule has 1 saturated heterocycles. The summed E-state index contributed by atoms with van der Waals surface area (Å²) in [4.78, 5) is 16.9. The van der Waals surface area contributed by atoms with Gasteiger partial charge in [0.1, 0.15) is 11.9 Å². The molecule has 6 heteroatoms. The SMILES string of the molecule is C[C@H](CNC(=O)Cc1ccsc1)Oc1cccc(CN(C)C2CCN(C)CC2)c1. The van der Waals surface area contributed by atoms with Gasteiger partial charge in [0.05, 0.1) is 13.0 Å². The number of amides is 1. The number of likely N-dealkylation sites (tertiary alicyclic amines) is 1. The summed E-state index contributed by atoms with van der Waals surface area (Å²) in [6.07, 6.45) is 2.80. The summed E-state index contributed by atoms with van der Waals surface area (Å²) in [5, 5.41) is 6.96. The number of carbonyl (C=O) groups is 1. The first-order valence-electron chi connectivity index (χ1n) is 10.4. The van der Waals surface area contributed by atoms with Gasteiger partial charge in [0.2, 0.25) is 5.91 Å². The lowest BCUT2D eigenvalue weighted by Crippen LogP contribution is -2.41. The van der Waals surface area contributed by atoms with Gasteiger partial charge >= 0.3 is 0 Å². The molecule has 0 radical (unpaired) electrons. The number of hydrogen-bond donors (Lipinski definition) is 1. The Morgan fingerprint density at radius 1 is 1.31 bits per heavy atom. The Labute approximate surface area is 178 Å². The van der Waals surface area contributed by atoms with Crippen LogP contribution in [0.5, 0.6) is 5.75 Å². The van der Waals surface area contributed by atoms with Crippen LogP contribution in [-0.4, -0.2) is 61.6 Å². The third-order valence-corrected chi connectivity index (χ3v) is 6.24. The van der Waals surface area contributed by atoms with E-state index in [0.717, 1.165) is 17.9 Å². The van der Waals surface area contributed by atoms with Crippen molar-refractivity contribution in [1.29, 1.82) is 0 Å². The summed E-state index contributed by atoms with van der Waals surface area (Å²) >= 11 is 1.61. The molecule has 1 aliphatic rings. The smallest absolute Gasteiger partial charge is 0.224 e. The first-order valence-corrected chi connectivity index (χ1v) is 11.4. The molecule has 158 valence electrons. The molecule has 0 bridgehead atoms. The Morgan fingerprint density at radius 3 is 2.83 bits per heavy atom. The number of thiophene rings is 1. The summed E-state index contributed by atoms with van der Waals surface area (Å²) in [7, 11) is 4.41. The van der Waals surface area contributed by atoms with Crippen LogP contribution in [0.15, 0.2) is 41.1 Å². The summed E-state index contributed by atoms with van der Waals surface area (Å²) in [6, 6.07) is 10.9. The van der Waals surface area contributed by atoms with Crippen molar-refractivity contribution < 1.29 is 9.53 Å². The lowest BCUT2D eigenvalue weighted by atomic mass is 10.0.